The van der Waals surface area contributed by atoms with Crippen LogP contribution in [0.1, 0.15) is 17.5 Å². The molecule has 1 atom stereocenters. The summed E-state index contributed by atoms with van der Waals surface area (Å²) in [7, 11) is -0.541. The van der Waals surface area contributed by atoms with Crippen LogP contribution in [0.4, 0.5) is 8.78 Å². The van der Waals surface area contributed by atoms with Crippen molar-refractivity contribution in [3.05, 3.63) is 102 Å². The normalized spacial score (nSPS) is 18.0. The zero-order chi connectivity index (χ0) is 28.1. The monoisotopic (exact) mass is 563 g/mol. The van der Waals surface area contributed by atoms with Crippen LogP contribution in [0, 0.1) is 11.6 Å². The van der Waals surface area contributed by atoms with Crippen LogP contribution in [0.25, 0.3) is 16.6 Å². The highest BCUT2D eigenvalue weighted by Crippen LogP contribution is 2.45. The first-order chi connectivity index (χ1) is 19.2. The smallest absolute Gasteiger partial charge is 0.262 e. The summed E-state index contributed by atoms with van der Waals surface area (Å²) in [6.45, 7) is 0.480. The summed E-state index contributed by atoms with van der Waals surface area (Å²) >= 11 is 0. The Balaban J connectivity index is 1.46. The molecule has 3 aromatic carbocycles. The Hall–Kier alpha value is -4.09. The molecule has 1 unspecified atom stereocenters. The molecule has 2 aromatic heterocycles. The molecule has 0 bridgehead atoms. The summed E-state index contributed by atoms with van der Waals surface area (Å²) < 4.78 is 65.0. The topological polar surface area (TPSA) is 82.3 Å². The molecule has 1 fully saturated rings. The Labute approximate surface area is 230 Å². The van der Waals surface area contributed by atoms with Crippen LogP contribution < -0.4 is 4.74 Å². The molecule has 0 amide bonds. The number of aryl methyl sites for hydroxylation is 1. The Bertz CT molecular complexity index is 1800. The maximum absolute atomic E-state index is 13.7. The van der Waals surface area contributed by atoms with Gasteiger partial charge in [0.1, 0.15) is 17.4 Å². The maximum Gasteiger partial charge on any atom is 0.262 e. The minimum atomic E-state index is -3.84. The van der Waals surface area contributed by atoms with E-state index in [0.29, 0.717) is 24.3 Å². The van der Waals surface area contributed by atoms with Crippen molar-refractivity contribution in [3.63, 3.8) is 0 Å². The highest BCUT2D eigenvalue weighted by molar-refractivity contribution is 7.89. The van der Waals surface area contributed by atoms with E-state index in [1.165, 1.54) is 41.1 Å². The Kier molecular flexibility index (Phi) is 6.42. The second kappa shape index (κ2) is 9.83. The minimum absolute atomic E-state index is 0.00410. The molecule has 206 valence electrons. The first-order valence-corrected chi connectivity index (χ1v) is 14.2. The molecule has 6 rings (SSSR count). The molecule has 0 radical (unpaired) electrons. The van der Waals surface area contributed by atoms with E-state index in [2.05, 4.69) is 10.1 Å². The number of imidazole rings is 1. The summed E-state index contributed by atoms with van der Waals surface area (Å²) in [5, 5.41) is 5.35. The van der Waals surface area contributed by atoms with Gasteiger partial charge >= 0.3 is 0 Å². The van der Waals surface area contributed by atoms with E-state index in [-0.39, 0.29) is 29.7 Å². The van der Waals surface area contributed by atoms with Gasteiger partial charge in [0.2, 0.25) is 0 Å². The number of hydrogen-bond acceptors (Lipinski definition) is 5. The van der Waals surface area contributed by atoms with Crippen molar-refractivity contribution in [2.45, 2.75) is 23.3 Å². The molecule has 1 saturated heterocycles. The summed E-state index contributed by atoms with van der Waals surface area (Å²) in [6.07, 6.45) is 5.67. The van der Waals surface area contributed by atoms with Gasteiger partial charge in [0.15, 0.2) is 5.03 Å². The van der Waals surface area contributed by atoms with E-state index in [1.54, 1.807) is 53.9 Å². The standard InChI is InChI=1S/C29H27F2N5O3S/c1-34-17-28(32-19-34)40(37,38)35-12-11-29(18-35,15-20-3-5-22(30)6-4-20)25-13-21-16-33-36(26(21)14-27(25)39-2)24-9-7-23(31)8-10-24/h3-10,13-14,16-17,19H,11-12,15,18H2,1-2H3. The first kappa shape index (κ1) is 26.1. The Morgan fingerprint density at radius 2 is 1.73 bits per heavy atom. The van der Waals surface area contributed by atoms with Crippen molar-refractivity contribution in [1.29, 1.82) is 0 Å². The zero-order valence-corrected chi connectivity index (χ0v) is 22.8. The van der Waals surface area contributed by atoms with Gasteiger partial charge in [0.25, 0.3) is 10.0 Å². The number of ether oxygens (including phenoxy) is 1. The summed E-state index contributed by atoms with van der Waals surface area (Å²) in [6, 6.07) is 16.2. The molecule has 0 aliphatic carbocycles. The molecule has 40 heavy (non-hydrogen) atoms. The molecular formula is C29H27F2N5O3S. The van der Waals surface area contributed by atoms with Gasteiger partial charge in [0.05, 0.1) is 30.8 Å². The molecule has 5 aromatic rings. The number of benzene rings is 3. The van der Waals surface area contributed by atoms with Crippen LogP contribution in [0.5, 0.6) is 5.75 Å². The number of sulfonamides is 1. The largest absolute Gasteiger partial charge is 0.496 e. The highest BCUT2D eigenvalue weighted by atomic mass is 32.2. The van der Waals surface area contributed by atoms with Crippen molar-refractivity contribution in [1.82, 2.24) is 23.6 Å². The molecule has 0 spiro atoms. The number of halogens is 2. The van der Waals surface area contributed by atoms with Gasteiger partial charge in [-0.1, -0.05) is 12.1 Å². The lowest BCUT2D eigenvalue weighted by atomic mass is 9.74. The third-order valence-electron chi connectivity index (χ3n) is 7.59. The fourth-order valence-electron chi connectivity index (χ4n) is 5.57. The molecule has 1 aliphatic heterocycles. The van der Waals surface area contributed by atoms with Gasteiger partial charge in [-0.25, -0.2) is 26.9 Å². The van der Waals surface area contributed by atoms with Gasteiger partial charge in [-0.15, -0.1) is 0 Å². The SMILES string of the molecule is COc1cc2c(cnn2-c2ccc(F)cc2)cc1C1(Cc2ccc(F)cc2)CCN(S(=O)(=O)c2cn(C)cn2)C1. The Morgan fingerprint density at radius 3 is 2.38 bits per heavy atom. The quantitative estimate of drug-likeness (QED) is 0.289. The number of fused-ring (bicyclic) bond motifs is 1. The third-order valence-corrected chi connectivity index (χ3v) is 9.32. The van der Waals surface area contributed by atoms with E-state index >= 15 is 0 Å². The third kappa shape index (κ3) is 4.54. The highest BCUT2D eigenvalue weighted by Gasteiger charge is 2.46. The van der Waals surface area contributed by atoms with Gasteiger partial charge in [-0.05, 0) is 60.9 Å². The average molecular weight is 564 g/mol. The van der Waals surface area contributed by atoms with E-state index in [4.69, 9.17) is 4.74 Å². The molecule has 3 heterocycles. The molecule has 1 aliphatic rings. The van der Waals surface area contributed by atoms with Crippen molar-refractivity contribution in [2.75, 3.05) is 20.2 Å². The average Bonchev–Trinajstić information content (AvgIpc) is 3.69. The van der Waals surface area contributed by atoms with Crippen LogP contribution >= 0.6 is 0 Å². The molecule has 11 heteroatoms. The summed E-state index contributed by atoms with van der Waals surface area (Å²) in [4.78, 5) is 4.09. The fraction of sp³-hybridized carbons (Fsp3) is 0.241. The van der Waals surface area contributed by atoms with Crippen molar-refractivity contribution in [2.24, 2.45) is 7.05 Å². The van der Waals surface area contributed by atoms with Crippen molar-refractivity contribution in [3.8, 4) is 11.4 Å². The first-order valence-electron chi connectivity index (χ1n) is 12.7. The van der Waals surface area contributed by atoms with E-state index in [1.807, 2.05) is 12.1 Å². The van der Waals surface area contributed by atoms with E-state index < -0.39 is 15.4 Å². The van der Waals surface area contributed by atoms with Crippen LogP contribution in [-0.2, 0) is 28.9 Å². The number of hydrogen-bond donors (Lipinski definition) is 0. The number of aromatic nitrogens is 4. The number of methoxy groups -OCH3 is 1. The van der Waals surface area contributed by atoms with Crippen LogP contribution in [-0.4, -0.2) is 52.3 Å². The predicted molar refractivity (Wildman–Crippen MR) is 146 cm³/mol. The fourth-order valence-corrected chi connectivity index (χ4v) is 7.07. The maximum atomic E-state index is 13.7. The predicted octanol–water partition coefficient (Wildman–Crippen LogP) is 4.62. The molecule has 0 N–H and O–H groups in total. The lowest BCUT2D eigenvalue weighted by Crippen LogP contribution is -2.36. The van der Waals surface area contributed by atoms with Crippen LogP contribution in [0.15, 0.2) is 84.4 Å². The van der Waals surface area contributed by atoms with Crippen LogP contribution in [0.2, 0.25) is 0 Å². The van der Waals surface area contributed by atoms with Crippen molar-refractivity contribution < 1.29 is 21.9 Å². The van der Waals surface area contributed by atoms with E-state index in [0.717, 1.165) is 22.0 Å². The minimum Gasteiger partial charge on any atom is -0.496 e. The van der Waals surface area contributed by atoms with Crippen molar-refractivity contribution >= 4 is 20.9 Å². The zero-order valence-electron chi connectivity index (χ0n) is 22.0. The van der Waals surface area contributed by atoms with E-state index in [9.17, 15) is 17.2 Å². The lowest BCUT2D eigenvalue weighted by molar-refractivity contribution is 0.370. The molecule has 8 nitrogen and oxygen atoms in total. The number of nitrogens with zero attached hydrogens (tertiary/aromatic N) is 5. The lowest BCUT2D eigenvalue weighted by Gasteiger charge is -2.32. The summed E-state index contributed by atoms with van der Waals surface area (Å²) in [5.41, 5.74) is 2.50. The summed E-state index contributed by atoms with van der Waals surface area (Å²) in [5.74, 6) is -0.0967. The van der Waals surface area contributed by atoms with Gasteiger partial charge < -0.3 is 9.30 Å². The second-order valence-electron chi connectivity index (χ2n) is 10.2. The molecular weight excluding hydrogens is 536 g/mol. The van der Waals surface area contributed by atoms with Gasteiger partial charge in [-0.3, -0.25) is 0 Å². The van der Waals surface area contributed by atoms with Gasteiger partial charge in [-0.2, -0.15) is 9.40 Å². The van der Waals surface area contributed by atoms with Gasteiger partial charge in [0, 0.05) is 48.8 Å². The Morgan fingerprint density at radius 1 is 1.02 bits per heavy atom. The number of rotatable bonds is 7. The van der Waals surface area contributed by atoms with Crippen LogP contribution in [0.3, 0.4) is 0 Å². The second-order valence-corrected chi connectivity index (χ2v) is 12.1. The molecule has 0 saturated carbocycles.